The highest BCUT2D eigenvalue weighted by molar-refractivity contribution is 7.89. The van der Waals surface area contributed by atoms with Crippen LogP contribution in [0.4, 0.5) is 0 Å². The largest absolute Gasteiger partial charge is 0.484 e. The molecule has 0 bridgehead atoms. The van der Waals surface area contributed by atoms with Crippen molar-refractivity contribution in [1.29, 1.82) is 0 Å². The number of sulfonamides is 1. The Morgan fingerprint density at radius 3 is 2.39 bits per heavy atom. The first-order chi connectivity index (χ1) is 13.3. The minimum Gasteiger partial charge on any atom is -0.484 e. The number of rotatable bonds is 10. The third-order valence-electron chi connectivity index (χ3n) is 4.63. The maximum Gasteiger partial charge on any atom is 0.258 e. The molecule has 1 aliphatic rings. The first-order valence-corrected chi connectivity index (χ1v) is 11.3. The zero-order chi connectivity index (χ0) is 20.6. The maximum absolute atomic E-state index is 12.6. The maximum atomic E-state index is 12.6. The van der Waals surface area contributed by atoms with Crippen molar-refractivity contribution in [2.24, 2.45) is 5.92 Å². The molecule has 1 aromatic carbocycles. The molecule has 0 radical (unpaired) electrons. The highest BCUT2D eigenvalue weighted by atomic mass is 32.2. The fourth-order valence-electron chi connectivity index (χ4n) is 3.01. The lowest BCUT2D eigenvalue weighted by Crippen LogP contribution is -2.40. The zero-order valence-electron chi connectivity index (χ0n) is 17.0. The molecule has 0 aromatic heterocycles. The third kappa shape index (κ3) is 7.07. The summed E-state index contributed by atoms with van der Waals surface area (Å²) in [5.41, 5.74) is 0. The van der Waals surface area contributed by atoms with Crippen LogP contribution in [0.3, 0.4) is 0 Å². The van der Waals surface area contributed by atoms with E-state index in [1.54, 1.807) is 12.1 Å². The first kappa shape index (κ1) is 22.6. The summed E-state index contributed by atoms with van der Waals surface area (Å²) < 4.78 is 37.3. The third-order valence-corrected chi connectivity index (χ3v) is 6.54. The molecule has 0 unspecified atom stereocenters. The number of benzene rings is 1. The molecular formula is C20H32N2O5S. The molecule has 1 N–H and O–H groups in total. The second-order valence-corrected chi connectivity index (χ2v) is 9.51. The number of nitrogens with zero attached hydrogens (tertiary/aromatic N) is 1. The Labute approximate surface area is 168 Å². The molecule has 8 heteroatoms. The molecule has 1 aliphatic heterocycles. The van der Waals surface area contributed by atoms with Crippen LogP contribution in [0.25, 0.3) is 0 Å². The Balaban J connectivity index is 1.79. The van der Waals surface area contributed by atoms with Crippen LogP contribution in [0.15, 0.2) is 29.2 Å². The molecule has 158 valence electrons. The topological polar surface area (TPSA) is 84.9 Å². The number of hydrogen-bond donors (Lipinski definition) is 1. The first-order valence-electron chi connectivity index (χ1n) is 9.89. The van der Waals surface area contributed by atoms with Gasteiger partial charge in [0.1, 0.15) is 5.75 Å². The van der Waals surface area contributed by atoms with Gasteiger partial charge in [-0.05, 0) is 43.5 Å². The summed E-state index contributed by atoms with van der Waals surface area (Å²) in [4.78, 5) is 12.2. The van der Waals surface area contributed by atoms with Gasteiger partial charge in [0.15, 0.2) is 6.61 Å². The summed E-state index contributed by atoms with van der Waals surface area (Å²) >= 11 is 0. The predicted octanol–water partition coefficient (Wildman–Crippen LogP) is 2.42. The molecule has 7 nitrogen and oxygen atoms in total. The zero-order valence-corrected chi connectivity index (χ0v) is 17.8. The Kier molecular flexibility index (Phi) is 8.72. The summed E-state index contributed by atoms with van der Waals surface area (Å²) in [6, 6.07) is 6.27. The molecular weight excluding hydrogens is 380 g/mol. The van der Waals surface area contributed by atoms with Crippen LogP contribution in [-0.2, 0) is 19.6 Å². The minimum absolute atomic E-state index is 0.0932. The molecule has 28 heavy (non-hydrogen) atoms. The highest BCUT2D eigenvalue weighted by Crippen LogP contribution is 2.20. The second-order valence-electron chi connectivity index (χ2n) is 7.57. The molecule has 1 aromatic rings. The van der Waals surface area contributed by atoms with E-state index in [2.05, 4.69) is 19.2 Å². The highest BCUT2D eigenvalue weighted by Gasteiger charge is 2.26. The molecule has 1 atom stereocenters. The second kappa shape index (κ2) is 10.8. The number of morpholine rings is 1. The van der Waals surface area contributed by atoms with E-state index in [1.807, 2.05) is 6.92 Å². The van der Waals surface area contributed by atoms with Gasteiger partial charge >= 0.3 is 0 Å². The van der Waals surface area contributed by atoms with E-state index in [0.29, 0.717) is 38.0 Å². The lowest BCUT2D eigenvalue weighted by Gasteiger charge is -2.26. The van der Waals surface area contributed by atoms with Gasteiger partial charge in [-0.25, -0.2) is 8.42 Å². The van der Waals surface area contributed by atoms with Crippen LogP contribution in [0.5, 0.6) is 5.75 Å². The van der Waals surface area contributed by atoms with E-state index in [9.17, 15) is 13.2 Å². The summed E-state index contributed by atoms with van der Waals surface area (Å²) in [5, 5.41) is 2.92. The van der Waals surface area contributed by atoms with Crippen molar-refractivity contribution in [1.82, 2.24) is 9.62 Å². The van der Waals surface area contributed by atoms with Gasteiger partial charge in [-0.2, -0.15) is 4.31 Å². The number of amides is 1. The molecule has 1 saturated heterocycles. The fraction of sp³-hybridized carbons (Fsp3) is 0.650. The van der Waals surface area contributed by atoms with Crippen LogP contribution in [0.2, 0.25) is 0 Å². The molecule has 1 amide bonds. The molecule has 0 aliphatic carbocycles. The van der Waals surface area contributed by atoms with Crippen molar-refractivity contribution in [3.05, 3.63) is 24.3 Å². The number of carbonyl (C=O) groups is 1. The standard InChI is InChI=1S/C20H32N2O5S/c1-16(2)5-4-6-17(3)21-20(23)15-27-18-7-9-19(10-8-18)28(24,25)22-11-13-26-14-12-22/h7-10,16-17H,4-6,11-15H2,1-3H3,(H,21,23)/t17-/m1/s1. The summed E-state index contributed by atoms with van der Waals surface area (Å²) in [6.45, 7) is 7.81. The quantitative estimate of drug-likeness (QED) is 0.638. The fourth-order valence-corrected chi connectivity index (χ4v) is 4.42. The Bertz CT molecular complexity index is 713. The Morgan fingerprint density at radius 1 is 1.14 bits per heavy atom. The van der Waals surface area contributed by atoms with E-state index in [-0.39, 0.29) is 23.5 Å². The summed E-state index contributed by atoms with van der Waals surface area (Å²) in [6.07, 6.45) is 3.17. The number of ether oxygens (including phenoxy) is 2. The number of nitrogens with one attached hydrogen (secondary N) is 1. The Hall–Kier alpha value is -1.64. The van der Waals surface area contributed by atoms with Crippen LogP contribution >= 0.6 is 0 Å². The average Bonchev–Trinajstić information content (AvgIpc) is 2.67. The van der Waals surface area contributed by atoms with Crippen molar-refractivity contribution < 1.29 is 22.7 Å². The lowest BCUT2D eigenvalue weighted by molar-refractivity contribution is -0.123. The van der Waals surface area contributed by atoms with Gasteiger partial charge in [0.25, 0.3) is 5.91 Å². The molecule has 1 fully saturated rings. The monoisotopic (exact) mass is 412 g/mol. The number of carbonyl (C=O) groups excluding carboxylic acids is 1. The van der Waals surface area contributed by atoms with Gasteiger partial charge in [0.05, 0.1) is 18.1 Å². The van der Waals surface area contributed by atoms with Gasteiger partial charge in [0, 0.05) is 19.1 Å². The van der Waals surface area contributed by atoms with Crippen molar-refractivity contribution in [2.45, 2.75) is 51.0 Å². The SMILES string of the molecule is CC(C)CCC[C@@H](C)NC(=O)COc1ccc(S(=O)(=O)N2CCOCC2)cc1. The summed E-state index contributed by atoms with van der Waals surface area (Å²) in [5.74, 6) is 0.951. The van der Waals surface area contributed by atoms with Gasteiger partial charge < -0.3 is 14.8 Å². The molecule has 1 heterocycles. The normalized spacial score (nSPS) is 16.7. The Morgan fingerprint density at radius 2 is 1.79 bits per heavy atom. The molecule has 0 saturated carbocycles. The minimum atomic E-state index is -3.52. The van der Waals surface area contributed by atoms with Crippen LogP contribution in [0.1, 0.15) is 40.0 Å². The van der Waals surface area contributed by atoms with Gasteiger partial charge in [-0.3, -0.25) is 4.79 Å². The predicted molar refractivity (Wildman–Crippen MR) is 108 cm³/mol. The van der Waals surface area contributed by atoms with Crippen LogP contribution in [0, 0.1) is 5.92 Å². The lowest BCUT2D eigenvalue weighted by atomic mass is 10.0. The van der Waals surface area contributed by atoms with Crippen molar-refractivity contribution >= 4 is 15.9 Å². The van der Waals surface area contributed by atoms with Crippen LogP contribution in [-0.4, -0.2) is 57.6 Å². The van der Waals surface area contributed by atoms with E-state index >= 15 is 0 Å². The molecule has 0 spiro atoms. The van der Waals surface area contributed by atoms with Gasteiger partial charge in [0.2, 0.25) is 10.0 Å². The van der Waals surface area contributed by atoms with Gasteiger partial charge in [-0.1, -0.05) is 26.7 Å². The van der Waals surface area contributed by atoms with Gasteiger partial charge in [-0.15, -0.1) is 0 Å². The smallest absolute Gasteiger partial charge is 0.258 e. The summed E-state index contributed by atoms with van der Waals surface area (Å²) in [7, 11) is -3.52. The van der Waals surface area contributed by atoms with E-state index < -0.39 is 10.0 Å². The van der Waals surface area contributed by atoms with Crippen molar-refractivity contribution in [3.8, 4) is 5.75 Å². The van der Waals surface area contributed by atoms with E-state index in [0.717, 1.165) is 19.3 Å². The average molecular weight is 413 g/mol. The van der Waals surface area contributed by atoms with Crippen LogP contribution < -0.4 is 10.1 Å². The van der Waals surface area contributed by atoms with Crippen molar-refractivity contribution in [3.63, 3.8) is 0 Å². The van der Waals surface area contributed by atoms with E-state index in [4.69, 9.17) is 9.47 Å². The number of hydrogen-bond acceptors (Lipinski definition) is 5. The van der Waals surface area contributed by atoms with Crippen molar-refractivity contribution in [2.75, 3.05) is 32.9 Å². The van der Waals surface area contributed by atoms with E-state index in [1.165, 1.54) is 16.4 Å². The molecule has 2 rings (SSSR count).